The fourth-order valence-corrected chi connectivity index (χ4v) is 2.86. The quantitative estimate of drug-likeness (QED) is 0.712. The van der Waals surface area contributed by atoms with Crippen molar-refractivity contribution in [2.75, 3.05) is 56.6 Å². The van der Waals surface area contributed by atoms with E-state index < -0.39 is 0 Å². The average molecular weight is 369 g/mol. The van der Waals surface area contributed by atoms with Crippen LogP contribution in [-0.2, 0) is 9.53 Å². The Morgan fingerprint density at radius 1 is 1.00 bits per heavy atom. The molecule has 144 valence electrons. The molecule has 27 heavy (non-hydrogen) atoms. The zero-order valence-electron chi connectivity index (χ0n) is 15.5. The van der Waals surface area contributed by atoms with E-state index in [2.05, 4.69) is 15.5 Å². The zero-order chi connectivity index (χ0) is 18.7. The van der Waals surface area contributed by atoms with Gasteiger partial charge < -0.3 is 20.1 Å². The van der Waals surface area contributed by atoms with Gasteiger partial charge in [0.05, 0.1) is 26.2 Å². The van der Waals surface area contributed by atoms with Crippen LogP contribution in [0.3, 0.4) is 0 Å². The van der Waals surface area contributed by atoms with E-state index in [0.29, 0.717) is 13.0 Å². The Labute approximate surface area is 160 Å². The Hall–Kier alpha value is -2.57. The molecule has 2 aromatic carbocycles. The third-order valence-corrected chi connectivity index (χ3v) is 4.37. The van der Waals surface area contributed by atoms with Crippen LogP contribution in [0.2, 0.25) is 0 Å². The molecule has 1 heterocycles. The fourth-order valence-electron chi connectivity index (χ4n) is 2.86. The third kappa shape index (κ3) is 6.92. The molecule has 6 heteroatoms. The van der Waals surface area contributed by atoms with Crippen molar-refractivity contribution >= 4 is 17.3 Å². The first kappa shape index (κ1) is 19.2. The summed E-state index contributed by atoms with van der Waals surface area (Å²) in [6, 6.07) is 17.3. The summed E-state index contributed by atoms with van der Waals surface area (Å²) in [5.74, 6) is 0.719. The van der Waals surface area contributed by atoms with Crippen LogP contribution in [0.4, 0.5) is 11.4 Å². The first-order chi connectivity index (χ1) is 13.3. The number of anilines is 2. The summed E-state index contributed by atoms with van der Waals surface area (Å²) in [4.78, 5) is 14.4. The van der Waals surface area contributed by atoms with Crippen molar-refractivity contribution < 1.29 is 14.3 Å². The molecule has 2 aromatic rings. The number of ether oxygens (including phenoxy) is 2. The molecule has 1 saturated heterocycles. The van der Waals surface area contributed by atoms with Crippen LogP contribution in [-0.4, -0.2) is 56.8 Å². The normalized spacial score (nSPS) is 14.5. The largest absolute Gasteiger partial charge is 0.493 e. The molecule has 1 aliphatic rings. The second-order valence-electron chi connectivity index (χ2n) is 6.42. The first-order valence-corrected chi connectivity index (χ1v) is 9.41. The van der Waals surface area contributed by atoms with Gasteiger partial charge in [0.1, 0.15) is 5.75 Å². The van der Waals surface area contributed by atoms with E-state index in [0.717, 1.165) is 56.5 Å². The highest BCUT2D eigenvalue weighted by Gasteiger charge is 2.09. The lowest BCUT2D eigenvalue weighted by Gasteiger charge is -2.26. The summed E-state index contributed by atoms with van der Waals surface area (Å²) in [6.45, 7) is 5.90. The van der Waals surface area contributed by atoms with Gasteiger partial charge >= 0.3 is 0 Å². The molecule has 0 radical (unpaired) electrons. The van der Waals surface area contributed by atoms with Crippen LogP contribution >= 0.6 is 0 Å². The Bertz CT molecular complexity index is 686. The third-order valence-electron chi connectivity index (χ3n) is 4.37. The molecule has 0 spiro atoms. The molecule has 6 nitrogen and oxygen atoms in total. The SMILES string of the molecule is O=C(CCOc1ccccc1)Nc1ccc(NCCN2CCOCC2)cc1. The maximum absolute atomic E-state index is 12.0. The van der Waals surface area contributed by atoms with Gasteiger partial charge in [-0.3, -0.25) is 9.69 Å². The highest BCUT2D eigenvalue weighted by Crippen LogP contribution is 2.14. The number of morpholine rings is 1. The molecule has 0 bridgehead atoms. The zero-order valence-corrected chi connectivity index (χ0v) is 15.5. The summed E-state index contributed by atoms with van der Waals surface area (Å²) in [5, 5.41) is 6.30. The molecule has 1 amide bonds. The van der Waals surface area contributed by atoms with Crippen LogP contribution in [0.25, 0.3) is 0 Å². The Morgan fingerprint density at radius 2 is 1.70 bits per heavy atom. The van der Waals surface area contributed by atoms with Crippen molar-refractivity contribution in [3.05, 3.63) is 54.6 Å². The number of nitrogens with one attached hydrogen (secondary N) is 2. The van der Waals surface area contributed by atoms with E-state index in [9.17, 15) is 4.79 Å². The molecule has 0 aliphatic carbocycles. The number of hydrogen-bond donors (Lipinski definition) is 2. The Morgan fingerprint density at radius 3 is 2.44 bits per heavy atom. The van der Waals surface area contributed by atoms with Crippen molar-refractivity contribution in [3.8, 4) is 5.75 Å². The minimum atomic E-state index is -0.0565. The van der Waals surface area contributed by atoms with Gasteiger partial charge in [-0.1, -0.05) is 18.2 Å². The van der Waals surface area contributed by atoms with Gasteiger partial charge in [-0.2, -0.15) is 0 Å². The predicted octanol–water partition coefficient (Wildman–Crippen LogP) is 2.84. The maximum atomic E-state index is 12.0. The molecule has 0 aromatic heterocycles. The summed E-state index contributed by atoms with van der Waals surface area (Å²) in [7, 11) is 0. The molecular weight excluding hydrogens is 342 g/mol. The number of para-hydroxylation sites is 1. The predicted molar refractivity (Wildman–Crippen MR) is 107 cm³/mol. The fraction of sp³-hybridized carbons (Fsp3) is 0.381. The standard InChI is InChI=1S/C21H27N3O3/c25-21(10-15-27-20-4-2-1-3-5-20)23-19-8-6-18(7-9-19)22-11-12-24-13-16-26-17-14-24/h1-9,22H,10-17H2,(H,23,25). The van der Waals surface area contributed by atoms with E-state index in [1.807, 2.05) is 54.6 Å². The Kier molecular flexibility index (Phi) is 7.50. The number of nitrogens with zero attached hydrogens (tertiary/aromatic N) is 1. The smallest absolute Gasteiger partial charge is 0.227 e. The van der Waals surface area contributed by atoms with Crippen molar-refractivity contribution in [2.24, 2.45) is 0 Å². The van der Waals surface area contributed by atoms with Gasteiger partial charge in [-0.15, -0.1) is 0 Å². The van der Waals surface area contributed by atoms with E-state index in [4.69, 9.17) is 9.47 Å². The molecule has 3 rings (SSSR count). The lowest BCUT2D eigenvalue weighted by Crippen LogP contribution is -2.38. The lowest BCUT2D eigenvalue weighted by molar-refractivity contribution is -0.116. The Balaban J connectivity index is 1.33. The molecule has 1 aliphatic heterocycles. The van der Waals surface area contributed by atoms with Crippen LogP contribution < -0.4 is 15.4 Å². The van der Waals surface area contributed by atoms with Gasteiger partial charge in [-0.05, 0) is 36.4 Å². The van der Waals surface area contributed by atoms with Gasteiger partial charge in [0.2, 0.25) is 5.91 Å². The molecule has 2 N–H and O–H groups in total. The average Bonchev–Trinajstić information content (AvgIpc) is 2.71. The van der Waals surface area contributed by atoms with Gasteiger partial charge in [0.25, 0.3) is 0 Å². The van der Waals surface area contributed by atoms with Crippen LogP contribution in [0.15, 0.2) is 54.6 Å². The van der Waals surface area contributed by atoms with E-state index >= 15 is 0 Å². The monoisotopic (exact) mass is 369 g/mol. The number of amides is 1. The van der Waals surface area contributed by atoms with Crippen LogP contribution in [0.1, 0.15) is 6.42 Å². The maximum Gasteiger partial charge on any atom is 0.227 e. The van der Waals surface area contributed by atoms with Gasteiger partial charge in [-0.25, -0.2) is 0 Å². The van der Waals surface area contributed by atoms with Crippen molar-refractivity contribution in [1.82, 2.24) is 4.90 Å². The van der Waals surface area contributed by atoms with Crippen LogP contribution in [0.5, 0.6) is 5.75 Å². The number of hydrogen-bond acceptors (Lipinski definition) is 5. The van der Waals surface area contributed by atoms with Crippen molar-refractivity contribution in [2.45, 2.75) is 6.42 Å². The second kappa shape index (κ2) is 10.5. The lowest BCUT2D eigenvalue weighted by atomic mass is 10.2. The molecule has 1 fully saturated rings. The van der Waals surface area contributed by atoms with Crippen molar-refractivity contribution in [3.63, 3.8) is 0 Å². The van der Waals surface area contributed by atoms with Gasteiger partial charge in [0.15, 0.2) is 0 Å². The number of carbonyl (C=O) groups is 1. The topological polar surface area (TPSA) is 62.8 Å². The minimum Gasteiger partial charge on any atom is -0.493 e. The highest BCUT2D eigenvalue weighted by molar-refractivity contribution is 5.90. The molecular formula is C21H27N3O3. The summed E-state index contributed by atoms with van der Waals surface area (Å²) in [6.07, 6.45) is 0.314. The second-order valence-corrected chi connectivity index (χ2v) is 6.42. The molecule has 0 saturated carbocycles. The van der Waals surface area contributed by atoms with E-state index in [1.54, 1.807) is 0 Å². The number of rotatable bonds is 9. The summed E-state index contributed by atoms with van der Waals surface area (Å²) < 4.78 is 10.9. The summed E-state index contributed by atoms with van der Waals surface area (Å²) >= 11 is 0. The highest BCUT2D eigenvalue weighted by atomic mass is 16.5. The molecule has 0 atom stereocenters. The van der Waals surface area contributed by atoms with E-state index in [-0.39, 0.29) is 5.91 Å². The van der Waals surface area contributed by atoms with Gasteiger partial charge in [0, 0.05) is 37.6 Å². The van der Waals surface area contributed by atoms with E-state index in [1.165, 1.54) is 0 Å². The molecule has 0 unspecified atom stereocenters. The van der Waals surface area contributed by atoms with Crippen LogP contribution in [0, 0.1) is 0 Å². The number of carbonyl (C=O) groups excluding carboxylic acids is 1. The van der Waals surface area contributed by atoms with Crippen molar-refractivity contribution in [1.29, 1.82) is 0 Å². The minimum absolute atomic E-state index is 0.0565. The summed E-state index contributed by atoms with van der Waals surface area (Å²) in [5.41, 5.74) is 1.84. The number of benzene rings is 2. The first-order valence-electron chi connectivity index (χ1n) is 9.41.